The highest BCUT2D eigenvalue weighted by molar-refractivity contribution is 7.89. The first-order valence-electron chi connectivity index (χ1n) is 7.55. The van der Waals surface area contributed by atoms with Crippen LogP contribution in [0.2, 0.25) is 0 Å². The molecule has 1 aromatic heterocycles. The number of rotatable bonds is 6. The van der Waals surface area contributed by atoms with E-state index in [4.69, 9.17) is 4.52 Å². The third-order valence-corrected chi connectivity index (χ3v) is 5.51. The molecule has 1 aliphatic rings. The van der Waals surface area contributed by atoms with Crippen LogP contribution in [0.1, 0.15) is 55.7 Å². The van der Waals surface area contributed by atoms with Crippen LogP contribution in [0.25, 0.3) is 0 Å². The largest absolute Gasteiger partial charge is 0.361 e. The Morgan fingerprint density at radius 1 is 1.43 bits per heavy atom. The van der Waals surface area contributed by atoms with E-state index in [1.807, 2.05) is 13.8 Å². The van der Waals surface area contributed by atoms with Crippen molar-refractivity contribution >= 4 is 10.0 Å². The average molecular weight is 315 g/mol. The number of sulfonamides is 1. The molecule has 7 heteroatoms. The highest BCUT2D eigenvalue weighted by Gasteiger charge is 2.23. The molecule has 0 amide bonds. The molecular formula is C14H25N3O3S. The van der Waals surface area contributed by atoms with Gasteiger partial charge in [-0.05, 0) is 46.6 Å². The van der Waals surface area contributed by atoms with E-state index in [0.717, 1.165) is 24.2 Å². The minimum Gasteiger partial charge on any atom is -0.361 e. The van der Waals surface area contributed by atoms with Gasteiger partial charge < -0.3 is 9.84 Å². The highest BCUT2D eigenvalue weighted by Crippen LogP contribution is 2.22. The summed E-state index contributed by atoms with van der Waals surface area (Å²) in [5.74, 6) is 0.815. The number of hydrogen-bond donors (Lipinski definition) is 2. The van der Waals surface area contributed by atoms with E-state index in [0.29, 0.717) is 18.2 Å². The van der Waals surface area contributed by atoms with E-state index in [-0.39, 0.29) is 11.8 Å². The summed E-state index contributed by atoms with van der Waals surface area (Å²) >= 11 is 0. The molecule has 0 aliphatic carbocycles. The van der Waals surface area contributed by atoms with Gasteiger partial charge in [0.1, 0.15) is 5.76 Å². The topological polar surface area (TPSA) is 84.2 Å². The molecule has 1 saturated heterocycles. The normalized spacial score (nSPS) is 21.4. The van der Waals surface area contributed by atoms with Crippen molar-refractivity contribution in [2.45, 2.75) is 58.5 Å². The molecule has 2 unspecified atom stereocenters. The van der Waals surface area contributed by atoms with Crippen molar-refractivity contribution in [3.05, 3.63) is 17.0 Å². The zero-order chi connectivity index (χ0) is 15.5. The van der Waals surface area contributed by atoms with Gasteiger partial charge in [0.25, 0.3) is 0 Å². The first-order valence-corrected chi connectivity index (χ1v) is 9.20. The SMILES string of the molecule is Cc1noc(C)c1C(C)NS(=O)(=O)CCC1CCCCN1. The predicted molar refractivity (Wildman–Crippen MR) is 81.6 cm³/mol. The van der Waals surface area contributed by atoms with Gasteiger partial charge in [-0.3, -0.25) is 0 Å². The van der Waals surface area contributed by atoms with E-state index in [1.54, 1.807) is 6.92 Å². The Labute approximate surface area is 126 Å². The number of hydrogen-bond acceptors (Lipinski definition) is 5. The molecule has 2 N–H and O–H groups in total. The minimum atomic E-state index is -3.30. The maximum absolute atomic E-state index is 12.2. The van der Waals surface area contributed by atoms with Gasteiger partial charge in [-0.15, -0.1) is 0 Å². The molecule has 0 saturated carbocycles. The van der Waals surface area contributed by atoms with Crippen LogP contribution in [-0.4, -0.2) is 31.9 Å². The third kappa shape index (κ3) is 4.52. The van der Waals surface area contributed by atoms with E-state index in [9.17, 15) is 8.42 Å². The molecule has 1 aliphatic heterocycles. The third-order valence-electron chi connectivity index (χ3n) is 4.03. The number of nitrogens with one attached hydrogen (secondary N) is 2. The molecule has 2 rings (SSSR count). The first kappa shape index (κ1) is 16.5. The fourth-order valence-electron chi connectivity index (χ4n) is 2.96. The predicted octanol–water partition coefficient (Wildman–Crippen LogP) is 1.80. The van der Waals surface area contributed by atoms with Gasteiger partial charge >= 0.3 is 0 Å². The first-order chi connectivity index (χ1) is 9.89. The van der Waals surface area contributed by atoms with Crippen molar-refractivity contribution in [3.8, 4) is 0 Å². The molecule has 0 aromatic carbocycles. The van der Waals surface area contributed by atoms with Crippen molar-refractivity contribution in [1.82, 2.24) is 15.2 Å². The molecule has 0 radical (unpaired) electrons. The number of aromatic nitrogens is 1. The zero-order valence-corrected chi connectivity index (χ0v) is 13.8. The summed E-state index contributed by atoms with van der Waals surface area (Å²) in [6.07, 6.45) is 4.09. The van der Waals surface area contributed by atoms with Gasteiger partial charge in [0.2, 0.25) is 10.0 Å². The van der Waals surface area contributed by atoms with Crippen molar-refractivity contribution in [3.63, 3.8) is 0 Å². The second-order valence-corrected chi connectivity index (χ2v) is 7.71. The molecule has 21 heavy (non-hydrogen) atoms. The lowest BCUT2D eigenvalue weighted by Crippen LogP contribution is -2.37. The Hall–Kier alpha value is -0.920. The molecule has 6 nitrogen and oxygen atoms in total. The van der Waals surface area contributed by atoms with Crippen molar-refractivity contribution < 1.29 is 12.9 Å². The molecular weight excluding hydrogens is 290 g/mol. The smallest absolute Gasteiger partial charge is 0.212 e. The Kier molecular flexibility index (Phi) is 5.40. The summed E-state index contributed by atoms with van der Waals surface area (Å²) in [5.41, 5.74) is 1.56. The summed E-state index contributed by atoms with van der Waals surface area (Å²) in [5, 5.41) is 7.24. The van der Waals surface area contributed by atoms with Crippen LogP contribution in [0.4, 0.5) is 0 Å². The lowest BCUT2D eigenvalue weighted by Gasteiger charge is -2.23. The van der Waals surface area contributed by atoms with Crippen molar-refractivity contribution in [2.24, 2.45) is 0 Å². The standard InChI is InChI=1S/C14H25N3O3S/c1-10-14(12(3)20-16-10)11(2)17-21(18,19)9-7-13-6-4-5-8-15-13/h11,13,15,17H,4-9H2,1-3H3. The number of piperidine rings is 1. The van der Waals surface area contributed by atoms with Gasteiger partial charge in [0, 0.05) is 17.6 Å². The van der Waals surface area contributed by atoms with Crippen LogP contribution < -0.4 is 10.0 Å². The van der Waals surface area contributed by atoms with Gasteiger partial charge in [0.15, 0.2) is 0 Å². The van der Waals surface area contributed by atoms with E-state index in [2.05, 4.69) is 15.2 Å². The monoisotopic (exact) mass is 315 g/mol. The minimum absolute atomic E-state index is 0.151. The van der Waals surface area contributed by atoms with Gasteiger partial charge in [-0.1, -0.05) is 11.6 Å². The summed E-state index contributed by atoms with van der Waals surface area (Å²) in [7, 11) is -3.30. The fourth-order valence-corrected chi connectivity index (χ4v) is 4.33. The Morgan fingerprint density at radius 2 is 2.19 bits per heavy atom. The molecule has 1 aromatic rings. The van der Waals surface area contributed by atoms with Crippen LogP contribution >= 0.6 is 0 Å². The van der Waals surface area contributed by atoms with E-state index in [1.165, 1.54) is 12.8 Å². The highest BCUT2D eigenvalue weighted by atomic mass is 32.2. The van der Waals surface area contributed by atoms with Crippen molar-refractivity contribution in [1.29, 1.82) is 0 Å². The van der Waals surface area contributed by atoms with Crippen LogP contribution in [-0.2, 0) is 10.0 Å². The molecule has 120 valence electrons. The van der Waals surface area contributed by atoms with Gasteiger partial charge in [-0.25, -0.2) is 13.1 Å². The summed E-state index contributed by atoms with van der Waals surface area (Å²) in [4.78, 5) is 0. The average Bonchev–Trinajstić information content (AvgIpc) is 2.77. The van der Waals surface area contributed by atoms with Crippen molar-refractivity contribution in [2.75, 3.05) is 12.3 Å². The van der Waals surface area contributed by atoms with Crippen LogP contribution in [0.5, 0.6) is 0 Å². The maximum atomic E-state index is 12.2. The zero-order valence-electron chi connectivity index (χ0n) is 13.0. The quantitative estimate of drug-likeness (QED) is 0.836. The van der Waals surface area contributed by atoms with Crippen LogP contribution in [0.15, 0.2) is 4.52 Å². The second-order valence-electron chi connectivity index (χ2n) is 5.83. The number of nitrogens with zero attached hydrogens (tertiary/aromatic N) is 1. The van der Waals surface area contributed by atoms with Gasteiger partial charge in [-0.2, -0.15) is 0 Å². The van der Waals surface area contributed by atoms with E-state index >= 15 is 0 Å². The molecule has 2 atom stereocenters. The molecule has 1 fully saturated rings. The molecule has 2 heterocycles. The number of aryl methyl sites for hydroxylation is 2. The van der Waals surface area contributed by atoms with Crippen LogP contribution in [0.3, 0.4) is 0 Å². The molecule has 0 spiro atoms. The van der Waals surface area contributed by atoms with Crippen LogP contribution in [0, 0.1) is 13.8 Å². The summed E-state index contributed by atoms with van der Waals surface area (Å²) in [6, 6.07) is 0.00487. The summed E-state index contributed by atoms with van der Waals surface area (Å²) in [6.45, 7) is 6.44. The fraction of sp³-hybridized carbons (Fsp3) is 0.786. The van der Waals surface area contributed by atoms with E-state index < -0.39 is 10.0 Å². The van der Waals surface area contributed by atoms with Gasteiger partial charge in [0.05, 0.1) is 11.4 Å². The lowest BCUT2D eigenvalue weighted by molar-refractivity contribution is 0.390. The Morgan fingerprint density at radius 3 is 2.76 bits per heavy atom. The Balaban J connectivity index is 1.91. The maximum Gasteiger partial charge on any atom is 0.212 e. The Bertz CT molecular complexity index is 543. The second kappa shape index (κ2) is 6.89. The molecule has 0 bridgehead atoms. The lowest BCUT2D eigenvalue weighted by atomic mass is 10.0. The summed E-state index contributed by atoms with van der Waals surface area (Å²) < 4.78 is 32.2.